The van der Waals surface area contributed by atoms with Crippen molar-refractivity contribution in [1.29, 1.82) is 0 Å². The topological polar surface area (TPSA) is 110 Å². The summed E-state index contributed by atoms with van der Waals surface area (Å²) in [6.45, 7) is 1.79. The van der Waals surface area contributed by atoms with Crippen LogP contribution in [0.1, 0.15) is 21.9 Å². The third-order valence-electron chi connectivity index (χ3n) is 2.39. The van der Waals surface area contributed by atoms with Gasteiger partial charge in [0.2, 0.25) is 11.2 Å². The zero-order valence-corrected chi connectivity index (χ0v) is 11.4. The van der Waals surface area contributed by atoms with E-state index in [0.29, 0.717) is 11.5 Å². The molecule has 0 bridgehead atoms. The van der Waals surface area contributed by atoms with Gasteiger partial charge in [-0.3, -0.25) is 0 Å². The van der Waals surface area contributed by atoms with Gasteiger partial charge in [-0.25, -0.2) is 4.79 Å². The summed E-state index contributed by atoms with van der Waals surface area (Å²) in [5, 5.41) is 11.8. The first-order chi connectivity index (χ1) is 9.49. The Balaban J connectivity index is 2.10. The van der Waals surface area contributed by atoms with Crippen LogP contribution in [0.5, 0.6) is 6.01 Å². The van der Waals surface area contributed by atoms with Gasteiger partial charge < -0.3 is 19.6 Å². The molecule has 0 aromatic carbocycles. The number of aromatic nitrogens is 3. The number of furan rings is 1. The van der Waals surface area contributed by atoms with E-state index in [1.54, 1.807) is 6.92 Å². The highest BCUT2D eigenvalue weighted by atomic mass is 35.5. The van der Waals surface area contributed by atoms with Crippen LogP contribution in [0.3, 0.4) is 0 Å². The van der Waals surface area contributed by atoms with Crippen LogP contribution in [0.25, 0.3) is 0 Å². The number of halogens is 1. The van der Waals surface area contributed by atoms with Crippen molar-refractivity contribution >= 4 is 23.5 Å². The molecule has 9 heteroatoms. The molecule has 2 rings (SSSR count). The number of methoxy groups -OCH3 is 1. The third-order valence-corrected chi connectivity index (χ3v) is 2.56. The standard InChI is InChI=1S/C11H11ClN4O4/c1-5-7(8(17)18)3-6(20-5)4-13-10-14-9(12)15-11(16-10)19-2/h3H,4H2,1-2H3,(H,17,18)(H,13,14,15,16). The molecule has 0 saturated carbocycles. The molecule has 20 heavy (non-hydrogen) atoms. The molecule has 0 aliphatic heterocycles. The molecule has 2 aromatic rings. The molecule has 0 saturated heterocycles. The molecule has 106 valence electrons. The molecule has 0 fully saturated rings. The molecular weight excluding hydrogens is 288 g/mol. The number of hydrogen-bond donors (Lipinski definition) is 2. The molecule has 0 radical (unpaired) electrons. The van der Waals surface area contributed by atoms with Gasteiger partial charge in [0.05, 0.1) is 13.7 Å². The quantitative estimate of drug-likeness (QED) is 0.859. The number of hydrogen-bond acceptors (Lipinski definition) is 7. The summed E-state index contributed by atoms with van der Waals surface area (Å²) in [6.07, 6.45) is 0. The minimum Gasteiger partial charge on any atom is -0.478 e. The maximum absolute atomic E-state index is 10.9. The number of nitrogens with one attached hydrogen (secondary N) is 1. The zero-order chi connectivity index (χ0) is 14.7. The summed E-state index contributed by atoms with van der Waals surface area (Å²) >= 11 is 5.70. The molecule has 2 aromatic heterocycles. The molecule has 0 amide bonds. The van der Waals surface area contributed by atoms with Crippen LogP contribution in [-0.2, 0) is 6.54 Å². The van der Waals surface area contributed by atoms with Gasteiger partial charge in [0.25, 0.3) is 0 Å². The van der Waals surface area contributed by atoms with Crippen LogP contribution in [0.15, 0.2) is 10.5 Å². The first kappa shape index (κ1) is 14.1. The van der Waals surface area contributed by atoms with Crippen molar-refractivity contribution < 1.29 is 19.1 Å². The van der Waals surface area contributed by atoms with Gasteiger partial charge in [-0.15, -0.1) is 0 Å². The van der Waals surface area contributed by atoms with Gasteiger partial charge in [0.1, 0.15) is 17.1 Å². The number of carboxylic acids is 1. The van der Waals surface area contributed by atoms with Crippen molar-refractivity contribution in [3.05, 3.63) is 28.4 Å². The minimum absolute atomic E-state index is 0.0128. The van der Waals surface area contributed by atoms with Gasteiger partial charge in [0, 0.05) is 0 Å². The normalized spacial score (nSPS) is 10.3. The van der Waals surface area contributed by atoms with E-state index >= 15 is 0 Å². The molecule has 2 heterocycles. The summed E-state index contributed by atoms with van der Waals surface area (Å²) in [6, 6.07) is 1.51. The maximum Gasteiger partial charge on any atom is 0.339 e. The first-order valence-corrected chi connectivity index (χ1v) is 5.89. The zero-order valence-electron chi connectivity index (χ0n) is 10.7. The van der Waals surface area contributed by atoms with Gasteiger partial charge in [0.15, 0.2) is 0 Å². The highest BCUT2D eigenvalue weighted by Crippen LogP contribution is 2.16. The number of anilines is 1. The van der Waals surface area contributed by atoms with E-state index in [4.69, 9.17) is 25.9 Å². The van der Waals surface area contributed by atoms with Gasteiger partial charge >= 0.3 is 12.0 Å². The molecule has 2 N–H and O–H groups in total. The van der Waals surface area contributed by atoms with Crippen molar-refractivity contribution in [3.8, 4) is 6.01 Å². The highest BCUT2D eigenvalue weighted by molar-refractivity contribution is 6.28. The Labute approximate surface area is 118 Å². The van der Waals surface area contributed by atoms with Crippen LogP contribution < -0.4 is 10.1 Å². The molecule has 0 unspecified atom stereocenters. The van der Waals surface area contributed by atoms with Gasteiger partial charge in [-0.1, -0.05) is 0 Å². The van der Waals surface area contributed by atoms with Crippen LogP contribution in [0.2, 0.25) is 5.28 Å². The van der Waals surface area contributed by atoms with Crippen LogP contribution in [0.4, 0.5) is 5.95 Å². The second-order valence-corrected chi connectivity index (χ2v) is 4.09. The van der Waals surface area contributed by atoms with E-state index in [9.17, 15) is 4.79 Å². The summed E-state index contributed by atoms with van der Waals surface area (Å²) in [7, 11) is 1.41. The smallest absolute Gasteiger partial charge is 0.339 e. The third kappa shape index (κ3) is 3.15. The number of rotatable bonds is 5. The largest absolute Gasteiger partial charge is 0.478 e. The van der Waals surface area contributed by atoms with E-state index in [-0.39, 0.29) is 29.4 Å². The van der Waals surface area contributed by atoms with Gasteiger partial charge in [-0.2, -0.15) is 15.0 Å². The van der Waals surface area contributed by atoms with Crippen LogP contribution >= 0.6 is 11.6 Å². The van der Waals surface area contributed by atoms with Gasteiger partial charge in [-0.05, 0) is 24.6 Å². The van der Waals surface area contributed by atoms with E-state index in [2.05, 4.69) is 20.3 Å². The lowest BCUT2D eigenvalue weighted by atomic mass is 10.2. The number of ether oxygens (including phenoxy) is 1. The monoisotopic (exact) mass is 298 g/mol. The molecule has 8 nitrogen and oxygen atoms in total. The van der Waals surface area contributed by atoms with Crippen molar-refractivity contribution in [2.75, 3.05) is 12.4 Å². The van der Waals surface area contributed by atoms with Crippen molar-refractivity contribution in [1.82, 2.24) is 15.0 Å². The Morgan fingerprint density at radius 1 is 1.50 bits per heavy atom. The Kier molecular flexibility index (Phi) is 4.04. The predicted octanol–water partition coefficient (Wildman–Crippen LogP) is 1.75. The average Bonchev–Trinajstić information content (AvgIpc) is 2.77. The fraction of sp³-hybridized carbons (Fsp3) is 0.273. The van der Waals surface area contributed by atoms with Crippen LogP contribution in [0, 0.1) is 6.92 Å². The lowest BCUT2D eigenvalue weighted by Gasteiger charge is -2.04. The second kappa shape index (κ2) is 5.74. The highest BCUT2D eigenvalue weighted by Gasteiger charge is 2.14. The summed E-state index contributed by atoms with van der Waals surface area (Å²) < 4.78 is 10.2. The Bertz CT molecular complexity index is 643. The lowest BCUT2D eigenvalue weighted by molar-refractivity contribution is 0.0695. The predicted molar refractivity (Wildman–Crippen MR) is 69.1 cm³/mol. The van der Waals surface area contributed by atoms with E-state index in [1.165, 1.54) is 13.2 Å². The fourth-order valence-electron chi connectivity index (χ4n) is 1.51. The van der Waals surface area contributed by atoms with E-state index in [0.717, 1.165) is 0 Å². The molecule has 0 aliphatic carbocycles. The van der Waals surface area contributed by atoms with Crippen LogP contribution in [-0.4, -0.2) is 33.1 Å². The molecule has 0 spiro atoms. The van der Waals surface area contributed by atoms with Crippen molar-refractivity contribution in [2.45, 2.75) is 13.5 Å². The van der Waals surface area contributed by atoms with E-state index < -0.39 is 5.97 Å². The molecule has 0 aliphatic rings. The number of aromatic carboxylic acids is 1. The maximum atomic E-state index is 10.9. The Morgan fingerprint density at radius 2 is 2.25 bits per heavy atom. The van der Waals surface area contributed by atoms with Crippen molar-refractivity contribution in [3.63, 3.8) is 0 Å². The number of carboxylic acid groups (broad SMARTS) is 1. The van der Waals surface area contributed by atoms with Crippen molar-refractivity contribution in [2.24, 2.45) is 0 Å². The molecular formula is C11H11ClN4O4. The number of nitrogens with zero attached hydrogens (tertiary/aromatic N) is 3. The fourth-order valence-corrected chi connectivity index (χ4v) is 1.66. The number of aryl methyl sites for hydroxylation is 1. The minimum atomic E-state index is -1.04. The lowest BCUT2D eigenvalue weighted by Crippen LogP contribution is -2.05. The summed E-state index contributed by atoms with van der Waals surface area (Å²) in [5.41, 5.74) is 0.119. The summed E-state index contributed by atoms with van der Waals surface area (Å²) in [4.78, 5) is 22.4. The average molecular weight is 299 g/mol. The first-order valence-electron chi connectivity index (χ1n) is 5.51. The molecule has 0 atom stereocenters. The Hall–Kier alpha value is -2.35. The second-order valence-electron chi connectivity index (χ2n) is 3.76. The Morgan fingerprint density at radius 3 is 2.85 bits per heavy atom. The SMILES string of the molecule is COc1nc(Cl)nc(NCc2cc(C(=O)O)c(C)o2)n1. The van der Waals surface area contributed by atoms with E-state index in [1.807, 2.05) is 0 Å². The number of carbonyl (C=O) groups is 1. The summed E-state index contributed by atoms with van der Waals surface area (Å²) in [5.74, 6) is -0.0638.